The Kier molecular flexibility index (Phi) is 9.01. The number of aromatic amines is 1. The molecule has 0 atom stereocenters. The van der Waals surface area contributed by atoms with Crippen molar-refractivity contribution in [1.29, 1.82) is 0 Å². The SMILES string of the molecule is CC(=O)N(C)CCN(C(C)=O)c1ccc(N=C(c2ccccc2)c2c(O)[nH]c3ccc(NS(=O)(=O)c4ccccc4)cc23)cc1. The van der Waals surface area contributed by atoms with Crippen LogP contribution in [0.5, 0.6) is 5.88 Å². The summed E-state index contributed by atoms with van der Waals surface area (Å²) in [6.45, 7) is 3.67. The number of aromatic hydroxyl groups is 1. The van der Waals surface area contributed by atoms with Crippen LogP contribution in [0.25, 0.3) is 10.9 Å². The van der Waals surface area contributed by atoms with E-state index in [9.17, 15) is 23.1 Å². The molecule has 11 heteroatoms. The molecular formula is C34H33N5O5S. The van der Waals surface area contributed by atoms with E-state index in [2.05, 4.69) is 9.71 Å². The molecule has 0 aliphatic heterocycles. The quantitative estimate of drug-likeness (QED) is 0.172. The van der Waals surface area contributed by atoms with E-state index in [1.165, 1.54) is 26.0 Å². The molecule has 0 aliphatic rings. The summed E-state index contributed by atoms with van der Waals surface area (Å²) >= 11 is 0. The third kappa shape index (κ3) is 7.05. The number of benzene rings is 4. The summed E-state index contributed by atoms with van der Waals surface area (Å²) in [5.41, 5.74) is 3.73. The second kappa shape index (κ2) is 13.1. The van der Waals surface area contributed by atoms with Gasteiger partial charge in [-0.05, 0) is 54.6 Å². The van der Waals surface area contributed by atoms with Crippen molar-refractivity contribution in [2.45, 2.75) is 18.7 Å². The second-order valence-electron chi connectivity index (χ2n) is 10.5. The fourth-order valence-electron chi connectivity index (χ4n) is 4.87. The van der Waals surface area contributed by atoms with Crippen LogP contribution < -0.4 is 9.62 Å². The van der Waals surface area contributed by atoms with Crippen LogP contribution in [-0.4, -0.2) is 61.1 Å². The van der Waals surface area contributed by atoms with Crippen molar-refractivity contribution in [3.05, 3.63) is 114 Å². The third-order valence-electron chi connectivity index (χ3n) is 7.35. The summed E-state index contributed by atoms with van der Waals surface area (Å²) in [5, 5.41) is 11.7. The van der Waals surface area contributed by atoms with Crippen molar-refractivity contribution < 1.29 is 23.1 Å². The highest BCUT2D eigenvalue weighted by atomic mass is 32.2. The van der Waals surface area contributed by atoms with Crippen molar-refractivity contribution in [2.75, 3.05) is 29.8 Å². The first kappa shape index (κ1) is 31.0. The largest absolute Gasteiger partial charge is 0.494 e. The van der Waals surface area contributed by atoms with Crippen molar-refractivity contribution >= 4 is 55.5 Å². The molecule has 0 saturated carbocycles. The molecule has 0 spiro atoms. The summed E-state index contributed by atoms with van der Waals surface area (Å²) in [4.78, 5) is 35.2. The highest BCUT2D eigenvalue weighted by Crippen LogP contribution is 2.34. The van der Waals surface area contributed by atoms with Gasteiger partial charge in [0.1, 0.15) is 0 Å². The number of rotatable bonds is 10. The Morgan fingerprint density at radius 1 is 0.844 bits per heavy atom. The average Bonchev–Trinajstić information content (AvgIpc) is 3.35. The van der Waals surface area contributed by atoms with Gasteiger partial charge in [0.25, 0.3) is 10.0 Å². The van der Waals surface area contributed by atoms with Gasteiger partial charge in [-0.1, -0.05) is 48.5 Å². The van der Waals surface area contributed by atoms with Gasteiger partial charge in [0.15, 0.2) is 5.88 Å². The molecule has 0 unspecified atom stereocenters. The number of anilines is 2. The molecule has 2 amide bonds. The first-order valence-corrected chi connectivity index (χ1v) is 15.7. The van der Waals surface area contributed by atoms with E-state index in [1.807, 2.05) is 30.3 Å². The number of carbonyl (C=O) groups is 2. The van der Waals surface area contributed by atoms with Crippen LogP contribution >= 0.6 is 0 Å². The highest BCUT2D eigenvalue weighted by molar-refractivity contribution is 7.92. The van der Waals surface area contributed by atoms with E-state index in [-0.39, 0.29) is 22.6 Å². The molecule has 1 aromatic heterocycles. The fourth-order valence-corrected chi connectivity index (χ4v) is 5.94. The van der Waals surface area contributed by atoms with Crippen LogP contribution in [0, 0.1) is 0 Å². The van der Waals surface area contributed by atoms with E-state index >= 15 is 0 Å². The van der Waals surface area contributed by atoms with E-state index < -0.39 is 10.0 Å². The predicted molar refractivity (Wildman–Crippen MR) is 177 cm³/mol. The van der Waals surface area contributed by atoms with Gasteiger partial charge >= 0.3 is 0 Å². The lowest BCUT2D eigenvalue weighted by Crippen LogP contribution is -2.37. The van der Waals surface area contributed by atoms with Crippen molar-refractivity contribution in [1.82, 2.24) is 9.88 Å². The maximum atomic E-state index is 13.0. The second-order valence-corrected chi connectivity index (χ2v) is 12.2. The summed E-state index contributed by atoms with van der Waals surface area (Å²) in [5.74, 6) is -0.363. The highest BCUT2D eigenvalue weighted by Gasteiger charge is 2.21. The smallest absolute Gasteiger partial charge is 0.261 e. The van der Waals surface area contributed by atoms with Gasteiger partial charge in [0, 0.05) is 61.8 Å². The molecule has 5 aromatic rings. The summed E-state index contributed by atoms with van der Waals surface area (Å²) < 4.78 is 28.6. The van der Waals surface area contributed by atoms with Crippen molar-refractivity contribution in [2.24, 2.45) is 4.99 Å². The lowest BCUT2D eigenvalue weighted by Gasteiger charge is -2.24. The lowest BCUT2D eigenvalue weighted by atomic mass is 10.0. The number of likely N-dealkylation sites (N-methyl/N-ethyl adjacent to an activating group) is 1. The molecule has 4 aromatic carbocycles. The maximum Gasteiger partial charge on any atom is 0.261 e. The topological polar surface area (TPSA) is 135 Å². The van der Waals surface area contributed by atoms with Crippen LogP contribution in [-0.2, 0) is 19.6 Å². The third-order valence-corrected chi connectivity index (χ3v) is 8.74. The average molecular weight is 624 g/mol. The molecule has 0 saturated heterocycles. The van der Waals surface area contributed by atoms with Gasteiger partial charge in [-0.3, -0.25) is 14.3 Å². The molecule has 3 N–H and O–H groups in total. The normalized spacial score (nSPS) is 11.8. The minimum atomic E-state index is -3.84. The van der Waals surface area contributed by atoms with Crippen LogP contribution in [0.1, 0.15) is 25.0 Å². The molecule has 1 heterocycles. The van der Waals surface area contributed by atoms with Crippen LogP contribution in [0.4, 0.5) is 17.1 Å². The first-order valence-electron chi connectivity index (χ1n) is 14.2. The number of nitrogens with one attached hydrogen (secondary N) is 2. The van der Waals surface area contributed by atoms with E-state index in [4.69, 9.17) is 4.99 Å². The Balaban J connectivity index is 1.54. The zero-order valence-electron chi connectivity index (χ0n) is 25.1. The summed E-state index contributed by atoms with van der Waals surface area (Å²) in [6.07, 6.45) is 0. The molecule has 45 heavy (non-hydrogen) atoms. The molecule has 10 nitrogen and oxygen atoms in total. The molecule has 0 radical (unpaired) electrons. The number of sulfonamides is 1. The first-order chi connectivity index (χ1) is 21.5. The molecule has 0 aliphatic carbocycles. The standard InChI is InChI=1S/C34H33N5O5S/c1-23(40)38(3)20-21-39(24(2)41)28-17-14-26(15-18-28)35-33(25-10-6-4-7-11-25)32-30-22-27(16-19-31(30)36-34(32)42)37-45(43,44)29-12-8-5-9-13-29/h4-19,22,36-37,42H,20-21H2,1-3H3. The van der Waals surface area contributed by atoms with Crippen LogP contribution in [0.3, 0.4) is 0 Å². The van der Waals surface area contributed by atoms with E-state index in [0.29, 0.717) is 52.3 Å². The number of nitrogens with zero attached hydrogens (tertiary/aromatic N) is 3. The number of H-pyrrole nitrogens is 1. The van der Waals surface area contributed by atoms with Crippen LogP contribution in [0.15, 0.2) is 113 Å². The van der Waals surface area contributed by atoms with Crippen molar-refractivity contribution in [3.63, 3.8) is 0 Å². The Hall–Kier alpha value is -5.42. The minimum absolute atomic E-state index is 0.0853. The number of hydrogen-bond acceptors (Lipinski definition) is 6. The van der Waals surface area contributed by atoms with Gasteiger partial charge in [-0.2, -0.15) is 0 Å². The minimum Gasteiger partial charge on any atom is -0.494 e. The number of fused-ring (bicyclic) bond motifs is 1. The summed E-state index contributed by atoms with van der Waals surface area (Å²) in [7, 11) is -2.15. The number of hydrogen-bond donors (Lipinski definition) is 3. The van der Waals surface area contributed by atoms with Gasteiger partial charge in [-0.15, -0.1) is 0 Å². The van der Waals surface area contributed by atoms with Crippen LogP contribution in [0.2, 0.25) is 0 Å². The molecule has 230 valence electrons. The summed E-state index contributed by atoms with van der Waals surface area (Å²) in [6, 6.07) is 29.5. The van der Waals surface area contributed by atoms with Crippen molar-refractivity contribution in [3.8, 4) is 5.88 Å². The number of aromatic nitrogens is 1. The fraction of sp³-hybridized carbons (Fsp3) is 0.147. The maximum absolute atomic E-state index is 13.0. The predicted octanol–water partition coefficient (Wildman–Crippen LogP) is 5.67. The molecule has 5 rings (SSSR count). The van der Waals surface area contributed by atoms with Gasteiger partial charge in [-0.25, -0.2) is 13.4 Å². The lowest BCUT2D eigenvalue weighted by molar-refractivity contribution is -0.127. The monoisotopic (exact) mass is 623 g/mol. The molecular weight excluding hydrogens is 590 g/mol. The Morgan fingerprint density at radius 3 is 2.11 bits per heavy atom. The van der Waals surface area contributed by atoms with E-state index in [0.717, 1.165) is 5.56 Å². The molecule has 0 fully saturated rings. The van der Waals surface area contributed by atoms with Gasteiger partial charge < -0.3 is 19.9 Å². The number of aliphatic imine (C=N–C) groups is 1. The Labute approximate surface area is 261 Å². The van der Waals surface area contributed by atoms with Gasteiger partial charge in [0.05, 0.1) is 21.9 Å². The Bertz CT molecular complexity index is 1970. The molecule has 0 bridgehead atoms. The number of amides is 2. The van der Waals surface area contributed by atoms with E-state index in [1.54, 1.807) is 77.5 Å². The Morgan fingerprint density at radius 2 is 1.49 bits per heavy atom. The van der Waals surface area contributed by atoms with Gasteiger partial charge in [0.2, 0.25) is 11.8 Å². The zero-order chi connectivity index (χ0) is 32.1. The number of carbonyl (C=O) groups excluding carboxylic acids is 2. The zero-order valence-corrected chi connectivity index (χ0v) is 25.9.